The van der Waals surface area contributed by atoms with Crippen LogP contribution in [0.15, 0.2) is 78.9 Å². The molecule has 0 radical (unpaired) electrons. The lowest BCUT2D eigenvalue weighted by Gasteiger charge is -2.22. The third-order valence-corrected chi connectivity index (χ3v) is 4.47. The molecule has 0 unspecified atom stereocenters. The molecule has 5 heteroatoms. The van der Waals surface area contributed by atoms with E-state index in [2.05, 4.69) is 34.9 Å². The van der Waals surface area contributed by atoms with Gasteiger partial charge in [0, 0.05) is 5.69 Å². The zero-order chi connectivity index (χ0) is 18.4. The molecule has 0 aromatic heterocycles. The monoisotopic (exact) mass is 382 g/mol. The molecule has 0 aliphatic heterocycles. The van der Waals surface area contributed by atoms with Crippen LogP contribution < -0.4 is 15.4 Å². The summed E-state index contributed by atoms with van der Waals surface area (Å²) in [5.41, 5.74) is 3.07. The quantitative estimate of drug-likeness (QED) is 0.577. The standard InChI is InChI=1S/C21H19ClN2OS/c1-25-19-13-12-17(14-18(19)22)23-21(26)24-20(15-8-4-2-5-9-15)16-10-6-3-7-11-16/h2-14,20H,1H3,(H2,23,24,26). The van der Waals surface area contributed by atoms with E-state index in [1.807, 2.05) is 42.5 Å². The maximum Gasteiger partial charge on any atom is 0.171 e. The summed E-state index contributed by atoms with van der Waals surface area (Å²) in [5.74, 6) is 0.627. The highest BCUT2D eigenvalue weighted by atomic mass is 35.5. The van der Waals surface area contributed by atoms with E-state index in [0.717, 1.165) is 16.8 Å². The highest BCUT2D eigenvalue weighted by molar-refractivity contribution is 7.80. The minimum Gasteiger partial charge on any atom is -0.495 e. The molecule has 0 heterocycles. The van der Waals surface area contributed by atoms with E-state index in [9.17, 15) is 0 Å². The van der Waals surface area contributed by atoms with E-state index in [1.165, 1.54) is 0 Å². The molecule has 26 heavy (non-hydrogen) atoms. The van der Waals surface area contributed by atoms with Gasteiger partial charge in [0.2, 0.25) is 0 Å². The van der Waals surface area contributed by atoms with Gasteiger partial charge in [-0.2, -0.15) is 0 Å². The topological polar surface area (TPSA) is 33.3 Å². The second-order valence-corrected chi connectivity index (χ2v) is 6.52. The first-order valence-corrected chi connectivity index (χ1v) is 8.97. The zero-order valence-electron chi connectivity index (χ0n) is 14.3. The number of nitrogens with one attached hydrogen (secondary N) is 2. The number of hydrogen-bond donors (Lipinski definition) is 2. The van der Waals surface area contributed by atoms with E-state index in [4.69, 9.17) is 28.6 Å². The fourth-order valence-corrected chi connectivity index (χ4v) is 3.19. The Balaban J connectivity index is 1.79. The molecule has 0 saturated heterocycles. The number of hydrogen-bond acceptors (Lipinski definition) is 2. The number of halogens is 1. The van der Waals surface area contributed by atoms with Crippen molar-refractivity contribution in [3.05, 3.63) is 95.0 Å². The average molecular weight is 383 g/mol. The third kappa shape index (κ3) is 4.54. The number of thiocarbonyl (C=S) groups is 1. The van der Waals surface area contributed by atoms with Gasteiger partial charge in [0.15, 0.2) is 5.11 Å². The van der Waals surface area contributed by atoms with Gasteiger partial charge >= 0.3 is 0 Å². The van der Waals surface area contributed by atoms with E-state index in [-0.39, 0.29) is 6.04 Å². The molecule has 0 atom stereocenters. The Morgan fingerprint density at radius 1 is 0.923 bits per heavy atom. The minimum absolute atomic E-state index is 0.0499. The molecule has 3 rings (SSSR count). The summed E-state index contributed by atoms with van der Waals surface area (Å²) in [4.78, 5) is 0. The van der Waals surface area contributed by atoms with Crippen molar-refractivity contribution in [3.8, 4) is 5.75 Å². The maximum atomic E-state index is 6.18. The van der Waals surface area contributed by atoms with Gasteiger partial charge in [-0.25, -0.2) is 0 Å². The summed E-state index contributed by atoms with van der Waals surface area (Å²) in [6.45, 7) is 0. The van der Waals surface area contributed by atoms with Crippen LogP contribution in [0.2, 0.25) is 5.02 Å². The molecule has 0 fully saturated rings. The Hall–Kier alpha value is -2.56. The molecule has 3 nitrogen and oxygen atoms in total. The van der Waals surface area contributed by atoms with Crippen LogP contribution in [0.3, 0.4) is 0 Å². The number of methoxy groups -OCH3 is 1. The van der Waals surface area contributed by atoms with Crippen molar-refractivity contribution >= 4 is 34.6 Å². The number of rotatable bonds is 5. The normalized spacial score (nSPS) is 10.4. The second kappa shape index (κ2) is 8.70. The molecule has 0 aliphatic rings. The van der Waals surface area contributed by atoms with Gasteiger partial charge in [0.25, 0.3) is 0 Å². The minimum atomic E-state index is -0.0499. The lowest BCUT2D eigenvalue weighted by atomic mass is 9.99. The molecule has 3 aromatic carbocycles. The van der Waals surface area contributed by atoms with Gasteiger partial charge in [-0.05, 0) is 41.5 Å². The maximum absolute atomic E-state index is 6.18. The van der Waals surface area contributed by atoms with Crippen molar-refractivity contribution < 1.29 is 4.74 Å². The summed E-state index contributed by atoms with van der Waals surface area (Å²) in [6, 6.07) is 25.8. The molecule has 3 aromatic rings. The number of anilines is 1. The van der Waals surface area contributed by atoms with E-state index >= 15 is 0 Å². The van der Waals surface area contributed by atoms with Crippen molar-refractivity contribution in [1.29, 1.82) is 0 Å². The van der Waals surface area contributed by atoms with Crippen LogP contribution in [0, 0.1) is 0 Å². The van der Waals surface area contributed by atoms with Crippen molar-refractivity contribution in [3.63, 3.8) is 0 Å². The largest absolute Gasteiger partial charge is 0.495 e. The first kappa shape index (κ1) is 18.2. The van der Waals surface area contributed by atoms with Gasteiger partial charge in [-0.15, -0.1) is 0 Å². The molecule has 132 valence electrons. The summed E-state index contributed by atoms with van der Waals surface area (Å²) < 4.78 is 5.18. The van der Waals surface area contributed by atoms with Gasteiger partial charge < -0.3 is 15.4 Å². The first-order chi connectivity index (χ1) is 12.7. The van der Waals surface area contributed by atoms with Crippen LogP contribution in [0.4, 0.5) is 5.69 Å². The van der Waals surface area contributed by atoms with E-state index in [1.54, 1.807) is 19.2 Å². The van der Waals surface area contributed by atoms with Crippen molar-refractivity contribution in [2.24, 2.45) is 0 Å². The van der Waals surface area contributed by atoms with Crippen LogP contribution in [0.1, 0.15) is 17.2 Å². The molecule has 0 spiro atoms. The fraction of sp³-hybridized carbons (Fsp3) is 0.0952. The zero-order valence-corrected chi connectivity index (χ0v) is 15.8. The fourth-order valence-electron chi connectivity index (χ4n) is 2.69. The lowest BCUT2D eigenvalue weighted by molar-refractivity contribution is 0.415. The Bertz CT molecular complexity index is 832. The van der Waals surface area contributed by atoms with Gasteiger partial charge in [0.05, 0.1) is 18.2 Å². The van der Waals surface area contributed by atoms with Crippen LogP contribution in [-0.2, 0) is 0 Å². The third-order valence-electron chi connectivity index (χ3n) is 3.95. The molecule has 2 N–H and O–H groups in total. The Morgan fingerprint density at radius 2 is 1.50 bits per heavy atom. The first-order valence-electron chi connectivity index (χ1n) is 8.18. The molecular weight excluding hydrogens is 364 g/mol. The van der Waals surface area contributed by atoms with E-state index in [0.29, 0.717) is 15.9 Å². The summed E-state index contributed by atoms with van der Waals surface area (Å²) >= 11 is 11.7. The average Bonchev–Trinajstić information content (AvgIpc) is 2.68. The SMILES string of the molecule is COc1ccc(NC(=S)NC(c2ccccc2)c2ccccc2)cc1Cl. The van der Waals surface area contributed by atoms with Crippen LogP contribution in [0.25, 0.3) is 0 Å². The van der Waals surface area contributed by atoms with Crippen LogP contribution in [0.5, 0.6) is 5.75 Å². The highest BCUT2D eigenvalue weighted by Gasteiger charge is 2.15. The van der Waals surface area contributed by atoms with Crippen LogP contribution >= 0.6 is 23.8 Å². The molecule has 0 aliphatic carbocycles. The molecular formula is C21H19ClN2OS. The number of ether oxygens (including phenoxy) is 1. The lowest BCUT2D eigenvalue weighted by Crippen LogP contribution is -2.33. The summed E-state index contributed by atoms with van der Waals surface area (Å²) in [7, 11) is 1.59. The smallest absolute Gasteiger partial charge is 0.171 e. The Morgan fingerprint density at radius 3 is 2.00 bits per heavy atom. The summed E-state index contributed by atoms with van der Waals surface area (Å²) in [5, 5.41) is 7.62. The van der Waals surface area contributed by atoms with E-state index < -0.39 is 0 Å². The van der Waals surface area contributed by atoms with Gasteiger partial charge in [-0.3, -0.25) is 0 Å². The molecule has 0 amide bonds. The molecule has 0 saturated carbocycles. The van der Waals surface area contributed by atoms with Crippen molar-refractivity contribution in [2.45, 2.75) is 6.04 Å². The van der Waals surface area contributed by atoms with Gasteiger partial charge in [-0.1, -0.05) is 72.3 Å². The second-order valence-electron chi connectivity index (χ2n) is 5.70. The Labute approximate surface area is 164 Å². The Kier molecular flexibility index (Phi) is 6.10. The van der Waals surface area contributed by atoms with Gasteiger partial charge in [0.1, 0.15) is 5.75 Å². The molecule has 0 bridgehead atoms. The van der Waals surface area contributed by atoms with Crippen LogP contribution in [-0.4, -0.2) is 12.2 Å². The van der Waals surface area contributed by atoms with Crippen molar-refractivity contribution in [2.75, 3.05) is 12.4 Å². The summed E-state index contributed by atoms with van der Waals surface area (Å²) in [6.07, 6.45) is 0. The highest BCUT2D eigenvalue weighted by Crippen LogP contribution is 2.27. The van der Waals surface area contributed by atoms with Crippen molar-refractivity contribution in [1.82, 2.24) is 5.32 Å². The number of benzene rings is 3. The predicted molar refractivity (Wildman–Crippen MR) is 112 cm³/mol. The predicted octanol–water partition coefficient (Wildman–Crippen LogP) is 5.42.